The number of carbonyl (C=O) groups excluding carboxylic acids is 3. The molecule has 0 aliphatic carbocycles. The zero-order valence-electron chi connectivity index (χ0n) is 40.0. The molecule has 0 aromatic carbocycles. The molecular formula is C57H88O6. The number of ether oxygens (including phenoxy) is 3. The van der Waals surface area contributed by atoms with Crippen molar-refractivity contribution < 1.29 is 28.6 Å². The van der Waals surface area contributed by atoms with E-state index in [9.17, 15) is 14.4 Å². The van der Waals surface area contributed by atoms with Crippen LogP contribution < -0.4 is 0 Å². The normalized spacial score (nSPS) is 13.3. The third kappa shape index (κ3) is 48.4. The van der Waals surface area contributed by atoms with E-state index in [2.05, 4.69) is 148 Å². The van der Waals surface area contributed by atoms with Gasteiger partial charge in [0, 0.05) is 19.3 Å². The summed E-state index contributed by atoms with van der Waals surface area (Å²) < 4.78 is 16.7. The van der Waals surface area contributed by atoms with E-state index in [-0.39, 0.29) is 37.5 Å². The van der Waals surface area contributed by atoms with Gasteiger partial charge in [-0.05, 0) is 96.3 Å². The Bertz CT molecular complexity index is 1420. The van der Waals surface area contributed by atoms with Crippen molar-refractivity contribution in [1.82, 2.24) is 0 Å². The molecule has 63 heavy (non-hydrogen) atoms. The molecule has 0 N–H and O–H groups in total. The molecule has 0 aliphatic rings. The maximum absolute atomic E-state index is 12.8. The quantitative estimate of drug-likeness (QED) is 0.0200. The molecule has 0 heterocycles. The lowest BCUT2D eigenvalue weighted by atomic mass is 10.1. The molecule has 0 radical (unpaired) electrons. The number of carbonyl (C=O) groups is 3. The Labute approximate surface area is 385 Å². The Kier molecular flexibility index (Phi) is 46.7. The monoisotopic (exact) mass is 869 g/mol. The van der Waals surface area contributed by atoms with Crippen LogP contribution in [0.25, 0.3) is 0 Å². The topological polar surface area (TPSA) is 78.9 Å². The zero-order valence-corrected chi connectivity index (χ0v) is 40.0. The van der Waals surface area contributed by atoms with Crippen molar-refractivity contribution in [1.29, 1.82) is 0 Å². The summed E-state index contributed by atoms with van der Waals surface area (Å²) in [6.45, 7) is 6.15. The summed E-state index contributed by atoms with van der Waals surface area (Å²) in [5, 5.41) is 0. The molecule has 0 spiro atoms. The molecule has 0 saturated carbocycles. The Morgan fingerprint density at radius 3 is 1.11 bits per heavy atom. The minimum Gasteiger partial charge on any atom is -0.462 e. The third-order valence-corrected chi connectivity index (χ3v) is 9.75. The summed E-state index contributed by atoms with van der Waals surface area (Å²) in [5.74, 6) is -1.02. The molecular weight excluding hydrogens is 781 g/mol. The van der Waals surface area contributed by atoms with Crippen molar-refractivity contribution in [2.45, 2.75) is 194 Å². The summed E-state index contributed by atoms with van der Waals surface area (Å²) in [4.78, 5) is 37.9. The van der Waals surface area contributed by atoms with E-state index in [1.807, 2.05) is 6.08 Å². The fraction of sp³-hybridized carbons (Fsp3) is 0.561. The molecule has 0 aromatic rings. The molecule has 0 aromatic heterocycles. The van der Waals surface area contributed by atoms with E-state index < -0.39 is 6.10 Å². The first-order valence-corrected chi connectivity index (χ1v) is 24.8. The van der Waals surface area contributed by atoms with Gasteiger partial charge in [-0.3, -0.25) is 14.4 Å². The Morgan fingerprint density at radius 2 is 0.667 bits per heavy atom. The molecule has 0 aliphatic heterocycles. The molecule has 0 fully saturated rings. The summed E-state index contributed by atoms with van der Waals surface area (Å²) >= 11 is 0. The van der Waals surface area contributed by atoms with Crippen LogP contribution in [-0.4, -0.2) is 37.2 Å². The van der Waals surface area contributed by atoms with Gasteiger partial charge in [-0.2, -0.15) is 0 Å². The highest BCUT2D eigenvalue weighted by molar-refractivity contribution is 5.71. The van der Waals surface area contributed by atoms with Gasteiger partial charge in [-0.15, -0.1) is 0 Å². The highest BCUT2D eigenvalue weighted by Gasteiger charge is 2.19. The zero-order chi connectivity index (χ0) is 45.8. The van der Waals surface area contributed by atoms with Gasteiger partial charge < -0.3 is 14.2 Å². The standard InChI is InChI=1S/C57H88O6/c1-4-7-10-13-16-19-22-25-27-28-30-32-35-38-41-44-47-50-56(59)62-53-54(52-61-55(58)49-46-43-40-37-34-31-24-21-18-15-12-9-6-3)63-57(60)51-48-45-42-39-36-33-29-26-23-20-17-14-11-8-5-2/h7-12,14-21,23-25,27,30,32,38,41,54H,4-6,13,22,26,28-29,31,33-37,39-40,42-53H2,1-3H3/b10-7-,11-8-,12-9-,17-14-,18-15-,19-16-,23-20-,24-21-,27-25-,32-30-,41-38-. The Morgan fingerprint density at radius 1 is 0.333 bits per heavy atom. The second-order valence-electron chi connectivity index (χ2n) is 15.7. The molecule has 0 bridgehead atoms. The van der Waals surface area contributed by atoms with Crippen LogP contribution in [0, 0.1) is 0 Å². The van der Waals surface area contributed by atoms with E-state index in [0.29, 0.717) is 19.3 Å². The van der Waals surface area contributed by atoms with Crippen LogP contribution in [-0.2, 0) is 28.6 Å². The summed E-state index contributed by atoms with van der Waals surface area (Å²) in [7, 11) is 0. The summed E-state index contributed by atoms with van der Waals surface area (Å²) in [5.41, 5.74) is 0. The minimum absolute atomic E-state index is 0.117. The van der Waals surface area contributed by atoms with Crippen molar-refractivity contribution in [3.63, 3.8) is 0 Å². The van der Waals surface area contributed by atoms with Crippen molar-refractivity contribution in [2.24, 2.45) is 0 Å². The molecule has 352 valence electrons. The lowest BCUT2D eigenvalue weighted by Crippen LogP contribution is -2.30. The van der Waals surface area contributed by atoms with Gasteiger partial charge >= 0.3 is 17.9 Å². The predicted octanol–water partition coefficient (Wildman–Crippen LogP) is 16.3. The molecule has 0 rings (SSSR count). The lowest BCUT2D eigenvalue weighted by molar-refractivity contribution is -0.167. The Hall–Kier alpha value is -4.45. The number of hydrogen-bond donors (Lipinski definition) is 0. The number of esters is 3. The first kappa shape index (κ1) is 58.6. The van der Waals surface area contributed by atoms with E-state index in [1.54, 1.807) is 0 Å². The first-order valence-electron chi connectivity index (χ1n) is 24.8. The van der Waals surface area contributed by atoms with E-state index in [4.69, 9.17) is 14.2 Å². The second kappa shape index (κ2) is 50.2. The maximum Gasteiger partial charge on any atom is 0.306 e. The van der Waals surface area contributed by atoms with Crippen LogP contribution in [0.2, 0.25) is 0 Å². The molecule has 0 saturated heterocycles. The van der Waals surface area contributed by atoms with Crippen LogP contribution in [0.5, 0.6) is 0 Å². The Balaban J connectivity index is 4.55. The summed E-state index contributed by atoms with van der Waals surface area (Å²) in [6.07, 6.45) is 70.1. The van der Waals surface area contributed by atoms with Gasteiger partial charge in [0.1, 0.15) is 13.2 Å². The van der Waals surface area contributed by atoms with Crippen molar-refractivity contribution in [3.05, 3.63) is 134 Å². The smallest absolute Gasteiger partial charge is 0.306 e. The number of unbranched alkanes of at least 4 members (excludes halogenated alkanes) is 13. The average molecular weight is 869 g/mol. The van der Waals surface area contributed by atoms with Gasteiger partial charge in [-0.1, -0.05) is 206 Å². The summed E-state index contributed by atoms with van der Waals surface area (Å²) in [6, 6.07) is 0. The van der Waals surface area contributed by atoms with Crippen LogP contribution in [0.3, 0.4) is 0 Å². The average Bonchev–Trinajstić information content (AvgIpc) is 3.28. The van der Waals surface area contributed by atoms with Crippen molar-refractivity contribution in [2.75, 3.05) is 13.2 Å². The molecule has 0 amide bonds. The van der Waals surface area contributed by atoms with Gasteiger partial charge in [0.25, 0.3) is 0 Å². The number of rotatable bonds is 42. The van der Waals surface area contributed by atoms with Crippen LogP contribution in [0.4, 0.5) is 0 Å². The van der Waals surface area contributed by atoms with Gasteiger partial charge in [0.15, 0.2) is 6.10 Å². The number of allylic oxidation sites excluding steroid dienone is 22. The van der Waals surface area contributed by atoms with Crippen molar-refractivity contribution in [3.8, 4) is 0 Å². The van der Waals surface area contributed by atoms with E-state index in [0.717, 1.165) is 122 Å². The highest BCUT2D eigenvalue weighted by Crippen LogP contribution is 2.13. The molecule has 6 heteroatoms. The van der Waals surface area contributed by atoms with Crippen LogP contribution >= 0.6 is 0 Å². The van der Waals surface area contributed by atoms with Gasteiger partial charge in [0.2, 0.25) is 0 Å². The molecule has 1 unspecified atom stereocenters. The molecule has 1 atom stereocenters. The highest BCUT2D eigenvalue weighted by atomic mass is 16.6. The van der Waals surface area contributed by atoms with E-state index in [1.165, 1.54) is 19.3 Å². The lowest BCUT2D eigenvalue weighted by Gasteiger charge is -2.18. The maximum atomic E-state index is 12.8. The van der Waals surface area contributed by atoms with Gasteiger partial charge in [-0.25, -0.2) is 0 Å². The minimum atomic E-state index is -0.820. The van der Waals surface area contributed by atoms with Gasteiger partial charge in [0.05, 0.1) is 0 Å². The number of hydrogen-bond acceptors (Lipinski definition) is 6. The first-order chi connectivity index (χ1) is 31.0. The predicted molar refractivity (Wildman–Crippen MR) is 269 cm³/mol. The van der Waals surface area contributed by atoms with E-state index >= 15 is 0 Å². The largest absolute Gasteiger partial charge is 0.462 e. The molecule has 6 nitrogen and oxygen atoms in total. The van der Waals surface area contributed by atoms with Crippen LogP contribution in [0.15, 0.2) is 134 Å². The third-order valence-electron chi connectivity index (χ3n) is 9.75. The SMILES string of the molecule is CC\C=C/C=C\C=C/CCCCCCCCCC(=O)OC(COC(=O)CCC/C=C\C/C=C\C/C=C\C/C=C\C/C=C\CC)COC(=O)CCCCCCC\C=C/C=C\C=C/CC. The fourth-order valence-electron chi connectivity index (χ4n) is 6.12. The van der Waals surface area contributed by atoms with Crippen LogP contribution in [0.1, 0.15) is 188 Å². The second-order valence-corrected chi connectivity index (χ2v) is 15.7. The van der Waals surface area contributed by atoms with Crippen molar-refractivity contribution >= 4 is 17.9 Å². The fourth-order valence-corrected chi connectivity index (χ4v) is 6.12.